The normalized spacial score (nSPS) is 11.9. The summed E-state index contributed by atoms with van der Waals surface area (Å²) in [6, 6.07) is 75.6. The first-order valence-corrected chi connectivity index (χ1v) is 20.3. The zero-order valence-electron chi connectivity index (χ0n) is 30.9. The Bertz CT molecular complexity index is 3490. The van der Waals surface area contributed by atoms with E-state index < -0.39 is 0 Å². The van der Waals surface area contributed by atoms with Gasteiger partial charge in [-0.3, -0.25) is 0 Å². The van der Waals surface area contributed by atoms with E-state index in [0.717, 1.165) is 11.4 Å². The van der Waals surface area contributed by atoms with Crippen LogP contribution in [0.25, 0.3) is 109 Å². The first kappa shape index (κ1) is 32.1. The maximum Gasteiger partial charge on any atom is 0.0788 e. The van der Waals surface area contributed by atoms with Crippen LogP contribution < -0.4 is 0 Å². The van der Waals surface area contributed by atoms with Crippen molar-refractivity contribution in [2.24, 2.45) is 0 Å². The van der Waals surface area contributed by atoms with Crippen molar-refractivity contribution < 1.29 is 0 Å². The van der Waals surface area contributed by atoms with E-state index in [1.165, 1.54) is 97.2 Å². The highest BCUT2D eigenvalue weighted by molar-refractivity contribution is 7.26. The third-order valence-electron chi connectivity index (χ3n) is 11.7. The summed E-state index contributed by atoms with van der Waals surface area (Å²) in [6.07, 6.45) is 0. The van der Waals surface area contributed by atoms with Gasteiger partial charge in [0.2, 0.25) is 0 Å². The van der Waals surface area contributed by atoms with Gasteiger partial charge >= 0.3 is 0 Å². The highest BCUT2D eigenvalue weighted by Crippen LogP contribution is 2.43. The Morgan fingerprint density at radius 2 is 0.807 bits per heavy atom. The van der Waals surface area contributed by atoms with Crippen molar-refractivity contribution in [3.05, 3.63) is 206 Å². The van der Waals surface area contributed by atoms with E-state index in [0.29, 0.717) is 0 Å². The maximum atomic E-state index is 2.48. The van der Waals surface area contributed by atoms with E-state index >= 15 is 0 Å². The molecule has 0 aliphatic heterocycles. The summed E-state index contributed by atoms with van der Waals surface area (Å²) in [7, 11) is 0. The highest BCUT2D eigenvalue weighted by atomic mass is 32.1. The molecule has 0 fully saturated rings. The molecule has 12 aromatic rings. The number of rotatable bonds is 5. The lowest BCUT2D eigenvalue weighted by atomic mass is 9.99. The van der Waals surface area contributed by atoms with Crippen LogP contribution in [0.2, 0.25) is 0 Å². The fourth-order valence-electron chi connectivity index (χ4n) is 9.11. The van der Waals surface area contributed by atoms with Crippen molar-refractivity contribution in [1.29, 1.82) is 0 Å². The summed E-state index contributed by atoms with van der Waals surface area (Å²) in [5, 5.41) is 7.65. The van der Waals surface area contributed by atoms with Crippen LogP contribution in [0.15, 0.2) is 206 Å². The van der Waals surface area contributed by atoms with Gasteiger partial charge in [0.15, 0.2) is 0 Å². The molecule has 0 radical (unpaired) electrons. The topological polar surface area (TPSA) is 9.86 Å². The molecular weight excluding hydrogens is 709 g/mol. The summed E-state index contributed by atoms with van der Waals surface area (Å²) >= 11 is 1.88. The molecule has 3 heterocycles. The predicted molar refractivity (Wildman–Crippen MR) is 244 cm³/mol. The molecule has 0 spiro atoms. The summed E-state index contributed by atoms with van der Waals surface area (Å²) < 4.78 is 7.63. The van der Waals surface area contributed by atoms with E-state index in [1.54, 1.807) is 0 Å². The number of thiophene rings is 1. The second-order valence-electron chi connectivity index (χ2n) is 14.9. The Hall–Kier alpha value is -7.20. The Morgan fingerprint density at radius 3 is 1.51 bits per heavy atom. The molecule has 57 heavy (non-hydrogen) atoms. The summed E-state index contributed by atoms with van der Waals surface area (Å²) in [5.74, 6) is 0. The molecular formula is C54H34N2S. The SMILES string of the molecule is c1ccc(-c2cccc(-n3c4ccccc4c4ccc5c6ccccc6n(-c6ccc(-c7ccc(-c8cccc9c8sc8ccccc89)cc7)cc6)c5c43)c2)cc1. The molecule has 12 rings (SSSR count). The van der Waals surface area contributed by atoms with Gasteiger partial charge in [-0.05, 0) is 75.8 Å². The Balaban J connectivity index is 1.01. The van der Waals surface area contributed by atoms with Gasteiger partial charge in [0.25, 0.3) is 0 Å². The van der Waals surface area contributed by atoms with Crippen molar-refractivity contribution in [2.75, 3.05) is 0 Å². The van der Waals surface area contributed by atoms with Crippen LogP contribution in [-0.4, -0.2) is 9.13 Å². The van der Waals surface area contributed by atoms with Gasteiger partial charge in [0.05, 0.1) is 22.1 Å². The standard InChI is InChI=1S/C54H34N2S/c1-2-12-35(13-3-1)39-14-10-15-41(34-39)56-50-22-8-5-17-44(50)47-33-32-46-43-16-4-7-21-49(43)55(52(46)53(47)56)40-30-28-37(29-31-40)36-24-26-38(27-25-36)42-19-11-20-48-45-18-6-9-23-51(45)57-54(42)48/h1-34H. The van der Waals surface area contributed by atoms with E-state index in [2.05, 4.69) is 215 Å². The third-order valence-corrected chi connectivity index (χ3v) is 13.0. The Morgan fingerprint density at radius 1 is 0.298 bits per heavy atom. The monoisotopic (exact) mass is 742 g/mol. The van der Waals surface area contributed by atoms with Crippen LogP contribution in [0, 0.1) is 0 Å². The fraction of sp³-hybridized carbons (Fsp3) is 0. The van der Waals surface area contributed by atoms with Gasteiger partial charge in [-0.2, -0.15) is 0 Å². The number of fused-ring (bicyclic) bond motifs is 10. The Kier molecular flexibility index (Phi) is 7.13. The number of aromatic nitrogens is 2. The number of hydrogen-bond acceptors (Lipinski definition) is 1. The highest BCUT2D eigenvalue weighted by Gasteiger charge is 2.21. The molecule has 0 unspecified atom stereocenters. The number of nitrogens with zero attached hydrogens (tertiary/aromatic N) is 2. The van der Waals surface area contributed by atoms with E-state index in [9.17, 15) is 0 Å². The van der Waals surface area contributed by atoms with E-state index in [1.807, 2.05) is 11.3 Å². The van der Waals surface area contributed by atoms with Crippen LogP contribution in [0.5, 0.6) is 0 Å². The first-order valence-electron chi connectivity index (χ1n) is 19.5. The summed E-state index contributed by atoms with van der Waals surface area (Å²) in [5.41, 5.74) is 14.5. The molecule has 0 saturated carbocycles. The molecule has 0 atom stereocenters. The molecule has 3 heteroatoms. The van der Waals surface area contributed by atoms with Gasteiger partial charge in [0.1, 0.15) is 0 Å². The van der Waals surface area contributed by atoms with Gasteiger partial charge in [-0.15, -0.1) is 11.3 Å². The van der Waals surface area contributed by atoms with Crippen LogP contribution in [0.3, 0.4) is 0 Å². The lowest BCUT2D eigenvalue weighted by molar-refractivity contribution is 1.15. The minimum Gasteiger partial charge on any atom is -0.307 e. The van der Waals surface area contributed by atoms with Crippen molar-refractivity contribution in [1.82, 2.24) is 9.13 Å². The molecule has 0 bridgehead atoms. The van der Waals surface area contributed by atoms with Crippen molar-refractivity contribution in [3.63, 3.8) is 0 Å². The lowest BCUT2D eigenvalue weighted by Gasteiger charge is -2.14. The summed E-state index contributed by atoms with van der Waals surface area (Å²) in [6.45, 7) is 0. The zero-order chi connectivity index (χ0) is 37.5. The maximum absolute atomic E-state index is 2.48. The molecule has 0 amide bonds. The average molecular weight is 743 g/mol. The van der Waals surface area contributed by atoms with Crippen molar-refractivity contribution in [2.45, 2.75) is 0 Å². The number of hydrogen-bond donors (Lipinski definition) is 0. The largest absolute Gasteiger partial charge is 0.307 e. The molecule has 0 aliphatic carbocycles. The zero-order valence-corrected chi connectivity index (χ0v) is 31.7. The van der Waals surface area contributed by atoms with Crippen molar-refractivity contribution in [3.8, 4) is 44.8 Å². The first-order chi connectivity index (χ1) is 28.3. The molecule has 2 nitrogen and oxygen atoms in total. The number of para-hydroxylation sites is 2. The smallest absolute Gasteiger partial charge is 0.0788 e. The van der Waals surface area contributed by atoms with Gasteiger partial charge < -0.3 is 9.13 Å². The van der Waals surface area contributed by atoms with E-state index in [4.69, 9.17) is 0 Å². The molecule has 0 aliphatic rings. The predicted octanol–water partition coefficient (Wildman–Crippen LogP) is 15.2. The second-order valence-corrected chi connectivity index (χ2v) is 15.9. The average Bonchev–Trinajstić information content (AvgIpc) is 3.95. The molecule has 3 aromatic heterocycles. The molecule has 266 valence electrons. The van der Waals surface area contributed by atoms with Gasteiger partial charge in [-0.25, -0.2) is 0 Å². The lowest BCUT2D eigenvalue weighted by Crippen LogP contribution is -1.99. The summed E-state index contributed by atoms with van der Waals surface area (Å²) in [4.78, 5) is 0. The second kappa shape index (κ2) is 12.7. The van der Waals surface area contributed by atoms with Crippen LogP contribution in [-0.2, 0) is 0 Å². The molecule has 0 N–H and O–H groups in total. The minimum atomic E-state index is 1.14. The third kappa shape index (κ3) is 4.96. The number of benzene rings is 9. The van der Waals surface area contributed by atoms with Crippen LogP contribution in [0.1, 0.15) is 0 Å². The van der Waals surface area contributed by atoms with Crippen LogP contribution >= 0.6 is 11.3 Å². The van der Waals surface area contributed by atoms with Gasteiger partial charge in [0, 0.05) is 53.1 Å². The molecule has 0 saturated heterocycles. The van der Waals surface area contributed by atoms with E-state index in [-0.39, 0.29) is 0 Å². The van der Waals surface area contributed by atoms with Crippen LogP contribution in [0.4, 0.5) is 0 Å². The molecule has 9 aromatic carbocycles. The minimum absolute atomic E-state index is 1.14. The Labute approximate surface area is 333 Å². The van der Waals surface area contributed by atoms with Gasteiger partial charge in [-0.1, -0.05) is 164 Å². The quantitative estimate of drug-likeness (QED) is 0.166. The fourth-order valence-corrected chi connectivity index (χ4v) is 10.4. The van der Waals surface area contributed by atoms with Crippen molar-refractivity contribution >= 4 is 75.1 Å².